The monoisotopic (exact) mass is 164 g/mol. The van der Waals surface area contributed by atoms with Gasteiger partial charge in [-0.05, 0) is 18.1 Å². The van der Waals surface area contributed by atoms with Crippen molar-refractivity contribution in [2.75, 3.05) is 13.2 Å². The van der Waals surface area contributed by atoms with Crippen LogP contribution in [0.25, 0.3) is 0 Å². The number of aryl methyl sites for hydroxylation is 1. The van der Waals surface area contributed by atoms with Crippen molar-refractivity contribution in [3.63, 3.8) is 0 Å². The molecule has 0 aromatic heterocycles. The molecule has 0 atom stereocenters. The van der Waals surface area contributed by atoms with Crippen molar-refractivity contribution < 1.29 is 9.47 Å². The van der Waals surface area contributed by atoms with E-state index in [4.69, 9.17) is 9.47 Å². The summed E-state index contributed by atoms with van der Waals surface area (Å²) >= 11 is 0. The van der Waals surface area contributed by atoms with Crippen molar-refractivity contribution in [3.05, 3.63) is 23.8 Å². The van der Waals surface area contributed by atoms with Gasteiger partial charge in [0.15, 0.2) is 11.5 Å². The highest BCUT2D eigenvalue weighted by Crippen LogP contribution is 2.33. The first-order valence-corrected chi connectivity index (χ1v) is 4.29. The van der Waals surface area contributed by atoms with Crippen molar-refractivity contribution in [1.82, 2.24) is 0 Å². The third kappa shape index (κ3) is 1.13. The predicted molar refractivity (Wildman–Crippen MR) is 46.8 cm³/mol. The zero-order valence-electron chi connectivity index (χ0n) is 7.17. The number of ether oxygens (including phenoxy) is 2. The molecule has 0 aliphatic carbocycles. The fourth-order valence-corrected chi connectivity index (χ4v) is 1.41. The van der Waals surface area contributed by atoms with Gasteiger partial charge < -0.3 is 9.47 Å². The van der Waals surface area contributed by atoms with Crippen molar-refractivity contribution in [2.45, 2.75) is 13.3 Å². The van der Waals surface area contributed by atoms with Gasteiger partial charge in [0, 0.05) is 0 Å². The Bertz CT molecular complexity index is 267. The third-order valence-corrected chi connectivity index (χ3v) is 2.03. The smallest absolute Gasteiger partial charge is 0.164 e. The Hall–Kier alpha value is -1.18. The molecule has 0 saturated carbocycles. The summed E-state index contributed by atoms with van der Waals surface area (Å²) in [5.41, 5.74) is 1.23. The number of hydrogen-bond acceptors (Lipinski definition) is 2. The Morgan fingerprint density at radius 2 is 2.08 bits per heavy atom. The highest BCUT2D eigenvalue weighted by atomic mass is 16.6. The van der Waals surface area contributed by atoms with E-state index in [0.717, 1.165) is 17.9 Å². The summed E-state index contributed by atoms with van der Waals surface area (Å²) in [4.78, 5) is 0. The van der Waals surface area contributed by atoms with E-state index in [1.165, 1.54) is 5.56 Å². The molecular weight excluding hydrogens is 152 g/mol. The van der Waals surface area contributed by atoms with Crippen LogP contribution in [0.15, 0.2) is 18.2 Å². The maximum atomic E-state index is 5.52. The quantitative estimate of drug-likeness (QED) is 0.632. The van der Waals surface area contributed by atoms with Gasteiger partial charge in [-0.2, -0.15) is 0 Å². The molecule has 0 bridgehead atoms. The van der Waals surface area contributed by atoms with Crippen LogP contribution < -0.4 is 9.47 Å². The first kappa shape index (κ1) is 7.47. The van der Waals surface area contributed by atoms with Crippen molar-refractivity contribution in [2.24, 2.45) is 0 Å². The Kier molecular flexibility index (Phi) is 1.90. The van der Waals surface area contributed by atoms with Gasteiger partial charge in [0.05, 0.1) is 0 Å². The van der Waals surface area contributed by atoms with Gasteiger partial charge in [-0.3, -0.25) is 0 Å². The second kappa shape index (κ2) is 3.05. The van der Waals surface area contributed by atoms with E-state index < -0.39 is 0 Å². The van der Waals surface area contributed by atoms with E-state index in [1.807, 2.05) is 12.1 Å². The minimum atomic E-state index is 0.667. The SMILES string of the molecule is CCc1cccc2c1OCCO2. The normalized spacial score (nSPS) is 14.4. The maximum absolute atomic E-state index is 5.52. The maximum Gasteiger partial charge on any atom is 0.164 e. The average molecular weight is 164 g/mol. The molecule has 1 aliphatic rings. The number of rotatable bonds is 1. The average Bonchev–Trinajstić information content (AvgIpc) is 2.17. The molecule has 64 valence electrons. The molecular formula is C10H12O2. The molecule has 0 N–H and O–H groups in total. The van der Waals surface area contributed by atoms with Crippen LogP contribution >= 0.6 is 0 Å². The number of para-hydroxylation sites is 1. The van der Waals surface area contributed by atoms with Gasteiger partial charge in [-0.1, -0.05) is 19.1 Å². The lowest BCUT2D eigenvalue weighted by atomic mass is 10.1. The number of fused-ring (bicyclic) bond motifs is 1. The molecule has 0 saturated heterocycles. The van der Waals surface area contributed by atoms with Crippen LogP contribution in [0.2, 0.25) is 0 Å². The van der Waals surface area contributed by atoms with Crippen LogP contribution in [-0.4, -0.2) is 13.2 Å². The second-order valence-electron chi connectivity index (χ2n) is 2.79. The Morgan fingerprint density at radius 1 is 1.25 bits per heavy atom. The van der Waals surface area contributed by atoms with E-state index in [2.05, 4.69) is 13.0 Å². The summed E-state index contributed by atoms with van der Waals surface area (Å²) in [5, 5.41) is 0. The minimum Gasteiger partial charge on any atom is -0.486 e. The van der Waals surface area contributed by atoms with Gasteiger partial charge in [-0.25, -0.2) is 0 Å². The molecule has 0 radical (unpaired) electrons. The van der Waals surface area contributed by atoms with Crippen LogP contribution in [0.1, 0.15) is 12.5 Å². The molecule has 0 amide bonds. The molecule has 1 aromatic rings. The highest BCUT2D eigenvalue weighted by molar-refractivity contribution is 5.47. The number of hydrogen-bond donors (Lipinski definition) is 0. The van der Waals surface area contributed by atoms with Crippen LogP contribution in [0.5, 0.6) is 11.5 Å². The van der Waals surface area contributed by atoms with Crippen LogP contribution in [-0.2, 0) is 6.42 Å². The zero-order chi connectivity index (χ0) is 8.39. The molecule has 1 aliphatic heterocycles. The standard InChI is InChI=1S/C10H12O2/c1-2-8-4-3-5-9-10(8)12-7-6-11-9/h3-5H,2,6-7H2,1H3. The molecule has 0 spiro atoms. The fraction of sp³-hybridized carbons (Fsp3) is 0.400. The molecule has 1 aromatic carbocycles. The zero-order valence-corrected chi connectivity index (χ0v) is 7.17. The summed E-state index contributed by atoms with van der Waals surface area (Å²) in [7, 11) is 0. The van der Waals surface area contributed by atoms with Crippen LogP contribution in [0.4, 0.5) is 0 Å². The summed E-state index contributed by atoms with van der Waals surface area (Å²) in [6.45, 7) is 3.46. The summed E-state index contributed by atoms with van der Waals surface area (Å²) in [5.74, 6) is 1.83. The third-order valence-electron chi connectivity index (χ3n) is 2.03. The summed E-state index contributed by atoms with van der Waals surface area (Å²) in [6, 6.07) is 6.04. The van der Waals surface area contributed by atoms with E-state index in [9.17, 15) is 0 Å². The molecule has 2 rings (SSSR count). The largest absolute Gasteiger partial charge is 0.486 e. The van der Waals surface area contributed by atoms with E-state index in [-0.39, 0.29) is 0 Å². The predicted octanol–water partition coefficient (Wildman–Crippen LogP) is 2.02. The summed E-state index contributed by atoms with van der Waals surface area (Å²) < 4.78 is 11.0. The lowest BCUT2D eigenvalue weighted by Gasteiger charge is -2.20. The number of benzene rings is 1. The van der Waals surface area contributed by atoms with Crippen molar-refractivity contribution in [1.29, 1.82) is 0 Å². The van der Waals surface area contributed by atoms with Crippen LogP contribution in [0.3, 0.4) is 0 Å². The second-order valence-corrected chi connectivity index (χ2v) is 2.79. The van der Waals surface area contributed by atoms with Gasteiger partial charge >= 0.3 is 0 Å². The molecule has 0 unspecified atom stereocenters. The van der Waals surface area contributed by atoms with E-state index in [1.54, 1.807) is 0 Å². The van der Waals surface area contributed by atoms with Crippen LogP contribution in [0, 0.1) is 0 Å². The van der Waals surface area contributed by atoms with Crippen molar-refractivity contribution in [3.8, 4) is 11.5 Å². The molecule has 12 heavy (non-hydrogen) atoms. The van der Waals surface area contributed by atoms with Gasteiger partial charge in [-0.15, -0.1) is 0 Å². The van der Waals surface area contributed by atoms with Gasteiger partial charge in [0.25, 0.3) is 0 Å². The lowest BCUT2D eigenvalue weighted by molar-refractivity contribution is 0.170. The molecule has 2 nitrogen and oxygen atoms in total. The molecule has 0 fully saturated rings. The molecule has 2 heteroatoms. The minimum absolute atomic E-state index is 0.667. The van der Waals surface area contributed by atoms with E-state index in [0.29, 0.717) is 13.2 Å². The lowest BCUT2D eigenvalue weighted by Crippen LogP contribution is -2.16. The van der Waals surface area contributed by atoms with Gasteiger partial charge in [0.1, 0.15) is 13.2 Å². The summed E-state index contributed by atoms with van der Waals surface area (Å²) in [6.07, 6.45) is 0.993. The fourth-order valence-electron chi connectivity index (χ4n) is 1.41. The Labute approximate surface area is 72.1 Å². The molecule has 1 heterocycles. The topological polar surface area (TPSA) is 18.5 Å². The highest BCUT2D eigenvalue weighted by Gasteiger charge is 2.13. The van der Waals surface area contributed by atoms with E-state index >= 15 is 0 Å². The first-order chi connectivity index (χ1) is 5.92. The van der Waals surface area contributed by atoms with Gasteiger partial charge in [0.2, 0.25) is 0 Å². The Morgan fingerprint density at radius 3 is 2.92 bits per heavy atom. The van der Waals surface area contributed by atoms with Crippen molar-refractivity contribution >= 4 is 0 Å². The Balaban J connectivity index is 2.44. The first-order valence-electron chi connectivity index (χ1n) is 4.29.